The van der Waals surface area contributed by atoms with E-state index in [9.17, 15) is 23.4 Å². The fourth-order valence-corrected chi connectivity index (χ4v) is 9.31. The molecule has 1 aromatic carbocycles. The van der Waals surface area contributed by atoms with Crippen LogP contribution < -0.4 is 0 Å². The number of carbonyl (C=O) groups excluding carboxylic acids is 1. The molecule has 0 spiro atoms. The first-order valence-electron chi connectivity index (χ1n) is 16.7. The largest absolute Gasteiger partial charge is 0.393 e. The minimum absolute atomic E-state index is 0.0100. The number of hydrogen-bond acceptors (Lipinski definition) is 6. The predicted octanol–water partition coefficient (Wildman–Crippen LogP) is 5.93. The van der Waals surface area contributed by atoms with Crippen LogP contribution in [0.1, 0.15) is 125 Å². The highest BCUT2D eigenvalue weighted by molar-refractivity contribution is 7.88. The van der Waals surface area contributed by atoms with Gasteiger partial charge in [0, 0.05) is 36.6 Å². The van der Waals surface area contributed by atoms with Gasteiger partial charge in [0.05, 0.1) is 24.1 Å². The van der Waals surface area contributed by atoms with Gasteiger partial charge in [-0.05, 0) is 101 Å². The summed E-state index contributed by atoms with van der Waals surface area (Å²) in [5, 5.41) is 23.5. The van der Waals surface area contributed by atoms with Crippen molar-refractivity contribution in [3.05, 3.63) is 46.5 Å². The van der Waals surface area contributed by atoms with Crippen molar-refractivity contribution in [2.45, 2.75) is 127 Å². The van der Waals surface area contributed by atoms with Crippen molar-refractivity contribution in [1.29, 1.82) is 0 Å². The Hall–Kier alpha value is -1.58. The fraction of sp³-hybridized carbons (Fsp3) is 0.743. The normalized spacial score (nSPS) is 32.9. The van der Waals surface area contributed by atoms with E-state index in [2.05, 4.69) is 32.1 Å². The minimum atomic E-state index is -3.59. The van der Waals surface area contributed by atoms with E-state index in [-0.39, 0.29) is 36.8 Å². The fourth-order valence-electron chi connectivity index (χ4n) is 8.42. The van der Waals surface area contributed by atoms with E-state index in [1.165, 1.54) is 22.6 Å². The number of aliphatic hydroxyl groups is 2. The molecule has 0 amide bonds. The highest BCUT2D eigenvalue weighted by Gasteiger charge is 2.58. The lowest BCUT2D eigenvalue weighted by atomic mass is 9.64. The molecular formula is C35H53NO6S. The first-order valence-corrected chi connectivity index (χ1v) is 18.5. The van der Waals surface area contributed by atoms with Crippen molar-refractivity contribution in [2.24, 2.45) is 11.3 Å². The van der Waals surface area contributed by atoms with Gasteiger partial charge in [0.15, 0.2) is 5.78 Å². The molecule has 1 aromatic rings. The molecule has 43 heavy (non-hydrogen) atoms. The van der Waals surface area contributed by atoms with Gasteiger partial charge in [-0.3, -0.25) is 4.79 Å². The molecule has 0 radical (unpaired) electrons. The highest BCUT2D eigenvalue weighted by Crippen LogP contribution is 2.59. The summed E-state index contributed by atoms with van der Waals surface area (Å²) in [6.45, 7) is 5.14. The van der Waals surface area contributed by atoms with E-state index in [1.807, 2.05) is 6.07 Å². The van der Waals surface area contributed by atoms with Crippen molar-refractivity contribution in [3.63, 3.8) is 0 Å². The molecule has 1 heterocycles. The summed E-state index contributed by atoms with van der Waals surface area (Å²) in [4.78, 5) is 14.2. The second-order valence-electron chi connectivity index (χ2n) is 14.3. The Morgan fingerprint density at radius 3 is 2.53 bits per heavy atom. The molecule has 0 unspecified atom stereocenters. The van der Waals surface area contributed by atoms with Crippen LogP contribution in [0.2, 0.25) is 0 Å². The number of fused-ring (bicyclic) bond motifs is 8. The lowest BCUT2D eigenvalue weighted by Crippen LogP contribution is -2.54. The third-order valence-electron chi connectivity index (χ3n) is 11.3. The summed E-state index contributed by atoms with van der Waals surface area (Å²) >= 11 is 0. The van der Waals surface area contributed by atoms with Gasteiger partial charge in [-0.1, -0.05) is 50.0 Å². The molecule has 4 aliphatic carbocycles. The van der Waals surface area contributed by atoms with Crippen LogP contribution in [0.5, 0.6) is 0 Å². The van der Waals surface area contributed by atoms with Gasteiger partial charge in [0.1, 0.15) is 0 Å². The standard InChI is InChI=1S/C35H53NO6S/c1-25-9-7-18-34(2)32(17-19-35(34,39)24-36(43(3,40)41)23-29-12-8-20-42-29)30-16-14-26(21-28(37)15-13-25)22-31(30)33(38)27-10-5-4-6-11-27/h9,14,16,22,27-29,32,37,39H,4-8,10-13,15,17-21,23-24H2,1-3H3/t28-,29+,32-,34-,35+/m0/s1. The van der Waals surface area contributed by atoms with Crippen LogP contribution >= 0.6 is 0 Å². The van der Waals surface area contributed by atoms with Crippen molar-refractivity contribution < 1.29 is 28.2 Å². The molecule has 0 aromatic heterocycles. The monoisotopic (exact) mass is 615 g/mol. The van der Waals surface area contributed by atoms with Crippen LogP contribution in [0.15, 0.2) is 29.8 Å². The maximum Gasteiger partial charge on any atom is 0.211 e. The quantitative estimate of drug-likeness (QED) is 0.291. The number of ketones is 1. The Labute approximate surface area is 259 Å². The average Bonchev–Trinajstić information content (AvgIpc) is 3.57. The van der Waals surface area contributed by atoms with Gasteiger partial charge in [-0.15, -0.1) is 0 Å². The number of sulfonamides is 1. The topological polar surface area (TPSA) is 104 Å². The van der Waals surface area contributed by atoms with E-state index in [0.29, 0.717) is 38.7 Å². The lowest BCUT2D eigenvalue weighted by Gasteiger charge is -2.46. The predicted molar refractivity (Wildman–Crippen MR) is 170 cm³/mol. The second-order valence-corrected chi connectivity index (χ2v) is 16.3. The first-order chi connectivity index (χ1) is 20.4. The summed E-state index contributed by atoms with van der Waals surface area (Å²) in [7, 11) is -3.59. The van der Waals surface area contributed by atoms with Gasteiger partial charge in [-0.25, -0.2) is 8.42 Å². The average molecular weight is 616 g/mol. The van der Waals surface area contributed by atoms with Crippen LogP contribution in [0, 0.1) is 11.3 Å². The molecule has 5 atom stereocenters. The van der Waals surface area contributed by atoms with E-state index >= 15 is 0 Å². The summed E-state index contributed by atoms with van der Waals surface area (Å²) in [6.07, 6.45) is 14.2. The molecule has 6 rings (SSSR count). The number of nitrogens with zero attached hydrogens (tertiary/aromatic N) is 1. The second kappa shape index (κ2) is 13.4. The number of allylic oxidation sites excluding steroid dienone is 2. The van der Waals surface area contributed by atoms with Crippen LogP contribution in [0.4, 0.5) is 0 Å². The third kappa shape index (κ3) is 7.30. The molecular weight excluding hydrogens is 562 g/mol. The number of benzene rings is 1. The summed E-state index contributed by atoms with van der Waals surface area (Å²) in [5.74, 6) is 0.110. The molecule has 3 fully saturated rings. The van der Waals surface area contributed by atoms with Crippen LogP contribution in [-0.2, 0) is 21.2 Å². The molecule has 1 aliphatic heterocycles. The smallest absolute Gasteiger partial charge is 0.211 e. The van der Waals surface area contributed by atoms with E-state index in [1.54, 1.807) is 0 Å². The Kier molecular flexibility index (Phi) is 10.2. The number of Topliss-reactive ketones (excluding diaryl/α,β-unsaturated/α-hetero) is 1. The van der Waals surface area contributed by atoms with Gasteiger partial charge in [0.2, 0.25) is 10.0 Å². The van der Waals surface area contributed by atoms with Crippen molar-refractivity contribution in [2.75, 3.05) is 26.0 Å². The Bertz CT molecular complexity index is 1280. The number of rotatable bonds is 7. The summed E-state index contributed by atoms with van der Waals surface area (Å²) in [6, 6.07) is 6.17. The molecule has 8 heteroatoms. The maximum atomic E-state index is 14.2. The van der Waals surface area contributed by atoms with Crippen molar-refractivity contribution in [3.8, 4) is 0 Å². The molecule has 5 aliphatic rings. The molecule has 7 nitrogen and oxygen atoms in total. The highest BCUT2D eigenvalue weighted by atomic mass is 32.2. The van der Waals surface area contributed by atoms with E-state index in [0.717, 1.165) is 68.1 Å². The minimum Gasteiger partial charge on any atom is -0.393 e. The maximum absolute atomic E-state index is 14.2. The third-order valence-corrected chi connectivity index (χ3v) is 12.5. The summed E-state index contributed by atoms with van der Waals surface area (Å²) < 4.78 is 33.4. The lowest BCUT2D eigenvalue weighted by molar-refractivity contribution is -0.0754. The Morgan fingerprint density at radius 1 is 1.07 bits per heavy atom. The molecule has 2 bridgehead atoms. The Morgan fingerprint density at radius 2 is 1.84 bits per heavy atom. The van der Waals surface area contributed by atoms with Gasteiger partial charge in [-0.2, -0.15) is 4.31 Å². The van der Waals surface area contributed by atoms with Crippen molar-refractivity contribution in [1.82, 2.24) is 4.31 Å². The Balaban J connectivity index is 1.56. The summed E-state index contributed by atoms with van der Waals surface area (Å²) in [5.41, 5.74) is 2.00. The molecule has 2 N–H and O–H groups in total. The number of ether oxygens (including phenoxy) is 1. The molecule has 1 saturated heterocycles. The first kappa shape index (κ1) is 32.8. The number of aliphatic hydroxyl groups excluding tert-OH is 1. The van der Waals surface area contributed by atoms with Crippen LogP contribution in [0.25, 0.3) is 0 Å². The molecule has 240 valence electrons. The number of carbonyl (C=O) groups is 1. The van der Waals surface area contributed by atoms with Crippen LogP contribution in [-0.4, -0.2) is 72.5 Å². The van der Waals surface area contributed by atoms with E-state index in [4.69, 9.17) is 4.74 Å². The van der Waals surface area contributed by atoms with Gasteiger partial charge >= 0.3 is 0 Å². The number of hydrogen-bond donors (Lipinski definition) is 2. The SMILES string of the molecule is CC1=CCC[C@@]2(C)[C@@H](CC[C@@]2(O)CN(C[C@H]2CCCO2)S(C)(=O)=O)c2ccc(cc2C(=O)C2CCCCC2)C[C@@H](O)CC1. The molecule has 2 saturated carbocycles. The zero-order valence-corrected chi connectivity index (χ0v) is 27.3. The van der Waals surface area contributed by atoms with Gasteiger partial charge in [0.25, 0.3) is 0 Å². The van der Waals surface area contributed by atoms with Crippen LogP contribution in [0.3, 0.4) is 0 Å². The zero-order valence-electron chi connectivity index (χ0n) is 26.5. The zero-order chi connectivity index (χ0) is 30.8. The van der Waals surface area contributed by atoms with Crippen molar-refractivity contribution >= 4 is 15.8 Å². The van der Waals surface area contributed by atoms with E-state index < -0.39 is 27.1 Å². The van der Waals surface area contributed by atoms with Gasteiger partial charge < -0.3 is 14.9 Å².